The molecule has 0 radical (unpaired) electrons. The zero-order chi connectivity index (χ0) is 50.1. The maximum Gasteiger partial charge on any atom is 0.220 e. The SMILES string of the molecule is CC/C=C\C/C=C\C/C=C\C/C=C\C/C=C\C/C=C\C/C=C\CCCCCCCCCCCCCC(=O)NC(COC1OC(CO)C(O)C(O)C1O)C(O)/C=C/CC/C=C/CCCCCCCCC. The Morgan fingerprint density at radius 1 is 0.507 bits per heavy atom. The molecule has 0 saturated carbocycles. The van der Waals surface area contributed by atoms with Crippen molar-refractivity contribution in [2.45, 2.75) is 249 Å². The van der Waals surface area contributed by atoms with Gasteiger partial charge in [-0.25, -0.2) is 0 Å². The molecule has 0 aliphatic carbocycles. The van der Waals surface area contributed by atoms with Crippen LogP contribution in [0.2, 0.25) is 0 Å². The average molecular weight is 964 g/mol. The molecule has 6 N–H and O–H groups in total. The van der Waals surface area contributed by atoms with Crippen LogP contribution < -0.4 is 5.32 Å². The minimum absolute atomic E-state index is 0.196. The minimum atomic E-state index is -1.58. The van der Waals surface area contributed by atoms with Crippen molar-refractivity contribution in [3.05, 3.63) is 109 Å². The number of carbonyl (C=O) groups is 1. The highest BCUT2D eigenvalue weighted by Gasteiger charge is 2.44. The van der Waals surface area contributed by atoms with Crippen molar-refractivity contribution in [2.24, 2.45) is 0 Å². The van der Waals surface area contributed by atoms with Crippen molar-refractivity contribution < 1.29 is 39.8 Å². The van der Waals surface area contributed by atoms with E-state index in [1.807, 2.05) is 6.08 Å². The Kier molecular flexibility index (Phi) is 44.9. The summed E-state index contributed by atoms with van der Waals surface area (Å²) in [4.78, 5) is 13.0. The monoisotopic (exact) mass is 964 g/mol. The second-order valence-corrected chi connectivity index (χ2v) is 18.6. The Bertz CT molecular complexity index is 1440. The van der Waals surface area contributed by atoms with Crippen LogP contribution in [0, 0.1) is 0 Å². The van der Waals surface area contributed by atoms with Crippen LogP contribution in [0.4, 0.5) is 0 Å². The maximum atomic E-state index is 13.0. The minimum Gasteiger partial charge on any atom is -0.394 e. The highest BCUT2D eigenvalue weighted by molar-refractivity contribution is 5.76. The van der Waals surface area contributed by atoms with Crippen LogP contribution in [0.3, 0.4) is 0 Å². The number of unbranched alkanes of at least 4 members (excludes halogenated alkanes) is 19. The molecule has 1 aliphatic rings. The average Bonchev–Trinajstić information content (AvgIpc) is 3.35. The fourth-order valence-electron chi connectivity index (χ4n) is 7.97. The van der Waals surface area contributed by atoms with Gasteiger partial charge in [0.25, 0.3) is 0 Å². The van der Waals surface area contributed by atoms with E-state index in [-0.39, 0.29) is 12.5 Å². The summed E-state index contributed by atoms with van der Waals surface area (Å²) in [6.07, 6.45) is 64.4. The molecule has 1 aliphatic heterocycles. The molecule has 1 rings (SSSR count). The third-order valence-electron chi connectivity index (χ3n) is 12.3. The first-order valence-corrected chi connectivity index (χ1v) is 27.6. The van der Waals surface area contributed by atoms with Gasteiger partial charge in [0.2, 0.25) is 5.91 Å². The van der Waals surface area contributed by atoms with E-state index in [0.29, 0.717) is 6.42 Å². The first-order valence-electron chi connectivity index (χ1n) is 27.6. The molecular weight excluding hydrogens is 863 g/mol. The molecule has 1 heterocycles. The van der Waals surface area contributed by atoms with E-state index in [1.54, 1.807) is 6.08 Å². The topological polar surface area (TPSA) is 149 Å². The van der Waals surface area contributed by atoms with Crippen LogP contribution in [0.25, 0.3) is 0 Å². The summed E-state index contributed by atoms with van der Waals surface area (Å²) in [6.45, 7) is 3.62. The first-order chi connectivity index (χ1) is 33.8. The largest absolute Gasteiger partial charge is 0.394 e. The van der Waals surface area contributed by atoms with Gasteiger partial charge in [-0.05, 0) is 89.9 Å². The maximum absolute atomic E-state index is 13.0. The van der Waals surface area contributed by atoms with Gasteiger partial charge in [0.15, 0.2) is 6.29 Å². The molecule has 0 aromatic carbocycles. The second-order valence-electron chi connectivity index (χ2n) is 18.6. The molecule has 69 heavy (non-hydrogen) atoms. The van der Waals surface area contributed by atoms with Gasteiger partial charge in [0.1, 0.15) is 24.4 Å². The highest BCUT2D eigenvalue weighted by atomic mass is 16.7. The van der Waals surface area contributed by atoms with Gasteiger partial charge >= 0.3 is 0 Å². The molecule has 0 bridgehead atoms. The van der Waals surface area contributed by atoms with Gasteiger partial charge in [-0.2, -0.15) is 0 Å². The van der Waals surface area contributed by atoms with E-state index in [9.17, 15) is 30.3 Å². The number of rotatable bonds is 45. The number of nitrogens with one attached hydrogen (secondary N) is 1. The molecule has 1 amide bonds. The van der Waals surface area contributed by atoms with Crippen molar-refractivity contribution >= 4 is 5.91 Å². The molecule has 7 atom stereocenters. The Balaban J connectivity index is 2.20. The van der Waals surface area contributed by atoms with E-state index >= 15 is 0 Å². The third-order valence-corrected chi connectivity index (χ3v) is 12.3. The number of allylic oxidation sites excluding steroid dienone is 17. The van der Waals surface area contributed by atoms with Crippen LogP contribution in [-0.4, -0.2) is 87.5 Å². The highest BCUT2D eigenvalue weighted by Crippen LogP contribution is 2.22. The molecular formula is C60H101NO8. The number of amides is 1. The predicted octanol–water partition coefficient (Wildman–Crippen LogP) is 13.4. The summed E-state index contributed by atoms with van der Waals surface area (Å²) in [5.74, 6) is -0.196. The second kappa shape index (κ2) is 48.5. The predicted molar refractivity (Wildman–Crippen MR) is 290 cm³/mol. The van der Waals surface area contributed by atoms with E-state index < -0.39 is 49.5 Å². The van der Waals surface area contributed by atoms with Crippen molar-refractivity contribution in [2.75, 3.05) is 13.2 Å². The zero-order valence-electron chi connectivity index (χ0n) is 43.5. The molecule has 7 unspecified atom stereocenters. The summed E-state index contributed by atoms with van der Waals surface area (Å²) in [7, 11) is 0. The van der Waals surface area contributed by atoms with Crippen LogP contribution in [0.1, 0.15) is 206 Å². The lowest BCUT2D eigenvalue weighted by Crippen LogP contribution is -2.60. The fourth-order valence-corrected chi connectivity index (χ4v) is 7.97. The van der Waals surface area contributed by atoms with Crippen molar-refractivity contribution in [3.8, 4) is 0 Å². The molecule has 0 aromatic heterocycles. The Labute approximate surface area is 421 Å². The quantitative estimate of drug-likeness (QED) is 0.0261. The van der Waals surface area contributed by atoms with E-state index in [1.165, 1.54) is 89.9 Å². The summed E-state index contributed by atoms with van der Waals surface area (Å²) in [5, 5.41) is 54.3. The standard InChI is InChI=1S/C60H101NO8/c1-3-5-7-9-11-13-15-17-18-19-20-21-22-23-24-25-26-27-28-29-30-31-32-33-34-35-36-38-40-42-44-46-48-50-56(64)61-53(52-68-60-59(67)58(66)57(65)55(51-62)69-60)54(63)49-47-45-43-41-39-37-16-14-12-10-8-6-4-2/h5,7,11,13,17-18,20-21,23-24,26-27,29-30,39,41,47,49,53-55,57-60,62-63,65-67H,3-4,6,8-10,12,14-16,19,22,25,28,31-38,40,42-46,48,50-52H2,1-2H3,(H,61,64)/b7-5-,13-11-,18-17-,21-20-,24-23-,27-26-,30-29-,41-39+,49-47+. The van der Waals surface area contributed by atoms with Gasteiger partial charge in [-0.3, -0.25) is 4.79 Å². The van der Waals surface area contributed by atoms with Crippen LogP contribution in [-0.2, 0) is 14.3 Å². The number of ether oxygens (including phenoxy) is 2. The summed E-state index contributed by atoms with van der Waals surface area (Å²) >= 11 is 0. The normalized spacial score (nSPS) is 20.4. The number of aliphatic hydroxyl groups is 5. The molecule has 1 fully saturated rings. The van der Waals surface area contributed by atoms with Crippen molar-refractivity contribution in [1.29, 1.82) is 0 Å². The summed E-state index contributed by atoms with van der Waals surface area (Å²) < 4.78 is 11.2. The van der Waals surface area contributed by atoms with Gasteiger partial charge in [-0.1, -0.05) is 220 Å². The summed E-state index contributed by atoms with van der Waals surface area (Å²) in [5.41, 5.74) is 0. The van der Waals surface area contributed by atoms with Gasteiger partial charge in [0, 0.05) is 6.42 Å². The van der Waals surface area contributed by atoms with Crippen molar-refractivity contribution in [1.82, 2.24) is 5.32 Å². The van der Waals surface area contributed by atoms with Crippen LogP contribution >= 0.6 is 0 Å². The van der Waals surface area contributed by atoms with E-state index in [0.717, 1.165) is 96.3 Å². The van der Waals surface area contributed by atoms with E-state index in [4.69, 9.17) is 9.47 Å². The van der Waals surface area contributed by atoms with Crippen molar-refractivity contribution in [3.63, 3.8) is 0 Å². The third kappa shape index (κ3) is 38.2. The lowest BCUT2D eigenvalue weighted by Gasteiger charge is -2.40. The van der Waals surface area contributed by atoms with E-state index in [2.05, 4.69) is 116 Å². The lowest BCUT2D eigenvalue weighted by atomic mass is 9.99. The van der Waals surface area contributed by atoms with Gasteiger partial charge in [0.05, 0.1) is 25.4 Å². The molecule has 0 spiro atoms. The molecule has 9 nitrogen and oxygen atoms in total. The van der Waals surface area contributed by atoms with Gasteiger partial charge in [-0.15, -0.1) is 0 Å². The lowest BCUT2D eigenvalue weighted by molar-refractivity contribution is -0.302. The number of aliphatic hydroxyl groups excluding tert-OH is 5. The Morgan fingerprint density at radius 2 is 0.913 bits per heavy atom. The van der Waals surface area contributed by atoms with Crippen LogP contribution in [0.5, 0.6) is 0 Å². The van der Waals surface area contributed by atoms with Crippen LogP contribution in [0.15, 0.2) is 109 Å². The molecule has 394 valence electrons. The number of hydrogen-bond donors (Lipinski definition) is 6. The zero-order valence-corrected chi connectivity index (χ0v) is 43.5. The fraction of sp³-hybridized carbons (Fsp3) is 0.683. The number of hydrogen-bond acceptors (Lipinski definition) is 8. The summed E-state index contributed by atoms with van der Waals surface area (Å²) in [6, 6.07) is -0.829. The number of carbonyl (C=O) groups excluding carboxylic acids is 1. The Hall–Kier alpha value is -3.15. The Morgan fingerprint density at radius 3 is 1.39 bits per heavy atom. The first kappa shape index (κ1) is 63.9. The molecule has 9 heteroatoms. The molecule has 1 saturated heterocycles. The molecule has 0 aromatic rings. The van der Waals surface area contributed by atoms with Gasteiger partial charge < -0.3 is 40.3 Å². The smallest absolute Gasteiger partial charge is 0.220 e.